The lowest BCUT2D eigenvalue weighted by Gasteiger charge is -2.20. The molecular formula is C21H19NO3Si. The number of nitro benzene ring substituents is 1. The lowest BCUT2D eigenvalue weighted by Crippen LogP contribution is -2.44. The van der Waals surface area contributed by atoms with Crippen LogP contribution in [0.5, 0.6) is 0 Å². The Kier molecular flexibility index (Phi) is 5.61. The van der Waals surface area contributed by atoms with E-state index < -0.39 is 8.80 Å². The molecule has 0 radical (unpaired) electrons. The molecule has 3 aromatic rings. The molecule has 0 unspecified atom stereocenters. The van der Waals surface area contributed by atoms with Crippen LogP contribution in [0.15, 0.2) is 96.9 Å². The van der Waals surface area contributed by atoms with Crippen LogP contribution in [0, 0.1) is 10.1 Å². The van der Waals surface area contributed by atoms with Crippen molar-refractivity contribution in [3.8, 4) is 0 Å². The second-order valence-electron chi connectivity index (χ2n) is 5.90. The van der Waals surface area contributed by atoms with Crippen molar-refractivity contribution in [1.82, 2.24) is 0 Å². The molecule has 3 rings (SSSR count). The second kappa shape index (κ2) is 8.27. The maximum absolute atomic E-state index is 11.2. The molecule has 0 heterocycles. The first kappa shape index (κ1) is 17.6. The first-order valence-corrected chi connectivity index (χ1v) is 10.0. The highest BCUT2D eigenvalue weighted by Crippen LogP contribution is 2.19. The van der Waals surface area contributed by atoms with Crippen molar-refractivity contribution in [2.45, 2.75) is 6.61 Å². The number of para-hydroxylation sites is 1. The maximum Gasteiger partial charge on any atom is 0.276 e. The number of ether oxygens (including phenoxy) is 1. The zero-order chi connectivity index (χ0) is 18.4. The fourth-order valence-electron chi connectivity index (χ4n) is 2.92. The standard InChI is InChI=1S/C21H19NO3Si/c1-17(25-16-18-10-8-9-15-21(18)22(23)24)26(19-11-4-2-5-12-19)20-13-6-3-7-14-20/h2-15,26H,1,16H2. The number of nitrogens with zero attached hydrogens (tertiary/aromatic N) is 1. The zero-order valence-electron chi connectivity index (χ0n) is 14.2. The average Bonchev–Trinajstić information content (AvgIpc) is 2.68. The van der Waals surface area contributed by atoms with Gasteiger partial charge in [0.2, 0.25) is 0 Å². The number of hydrogen-bond donors (Lipinski definition) is 0. The summed E-state index contributed by atoms with van der Waals surface area (Å²) in [5.74, 6) is 0. The van der Waals surface area contributed by atoms with Crippen molar-refractivity contribution in [1.29, 1.82) is 0 Å². The number of benzene rings is 3. The van der Waals surface area contributed by atoms with Crippen LogP contribution in [0.25, 0.3) is 0 Å². The van der Waals surface area contributed by atoms with Crippen LogP contribution in [-0.4, -0.2) is 13.7 Å². The normalized spacial score (nSPS) is 10.5. The molecule has 0 atom stereocenters. The van der Waals surface area contributed by atoms with Gasteiger partial charge in [0.1, 0.15) is 6.61 Å². The highest BCUT2D eigenvalue weighted by molar-refractivity contribution is 6.90. The topological polar surface area (TPSA) is 52.4 Å². The Labute approximate surface area is 154 Å². The summed E-state index contributed by atoms with van der Waals surface area (Å²) in [5.41, 5.74) is 0.616. The van der Waals surface area contributed by atoms with E-state index in [4.69, 9.17) is 4.74 Å². The molecule has 0 aliphatic carbocycles. The zero-order valence-corrected chi connectivity index (χ0v) is 15.4. The molecule has 0 bridgehead atoms. The van der Waals surface area contributed by atoms with Crippen LogP contribution in [0.1, 0.15) is 5.56 Å². The minimum Gasteiger partial charge on any atom is -0.498 e. The summed E-state index contributed by atoms with van der Waals surface area (Å²) in [6.07, 6.45) is 0. The van der Waals surface area contributed by atoms with Gasteiger partial charge in [-0.05, 0) is 16.4 Å². The van der Waals surface area contributed by atoms with Gasteiger partial charge in [0.25, 0.3) is 5.69 Å². The minimum atomic E-state index is -1.81. The maximum atomic E-state index is 11.2. The Hall–Kier alpha value is -3.18. The van der Waals surface area contributed by atoms with Crippen LogP contribution >= 0.6 is 0 Å². The summed E-state index contributed by atoms with van der Waals surface area (Å²) in [5, 5.41) is 14.3. The van der Waals surface area contributed by atoms with Gasteiger partial charge in [-0.1, -0.05) is 79.4 Å². The largest absolute Gasteiger partial charge is 0.498 e. The molecule has 5 heteroatoms. The molecule has 26 heavy (non-hydrogen) atoms. The summed E-state index contributed by atoms with van der Waals surface area (Å²) >= 11 is 0. The third-order valence-electron chi connectivity index (χ3n) is 4.19. The number of nitro groups is 1. The van der Waals surface area contributed by atoms with E-state index in [-0.39, 0.29) is 17.2 Å². The second-order valence-corrected chi connectivity index (χ2v) is 8.74. The van der Waals surface area contributed by atoms with Gasteiger partial charge >= 0.3 is 0 Å². The number of hydrogen-bond acceptors (Lipinski definition) is 3. The molecule has 0 amide bonds. The monoisotopic (exact) mass is 361 g/mol. The Morgan fingerprint density at radius 2 is 1.38 bits per heavy atom. The van der Waals surface area contributed by atoms with Crippen molar-refractivity contribution >= 4 is 24.9 Å². The Morgan fingerprint density at radius 3 is 1.92 bits per heavy atom. The van der Waals surface area contributed by atoms with Gasteiger partial charge in [0.05, 0.1) is 15.9 Å². The quantitative estimate of drug-likeness (QED) is 0.281. The highest BCUT2D eigenvalue weighted by atomic mass is 28.3. The average molecular weight is 361 g/mol. The fourth-order valence-corrected chi connectivity index (χ4v) is 5.51. The van der Waals surface area contributed by atoms with Crippen LogP contribution in [-0.2, 0) is 11.3 Å². The van der Waals surface area contributed by atoms with E-state index in [1.165, 1.54) is 16.4 Å². The summed E-state index contributed by atoms with van der Waals surface area (Å²) in [4.78, 5) is 10.8. The molecule has 0 fully saturated rings. The molecule has 130 valence electrons. The first-order chi connectivity index (χ1) is 12.7. The Balaban J connectivity index is 1.84. The van der Waals surface area contributed by atoms with Crippen molar-refractivity contribution in [2.24, 2.45) is 0 Å². The number of rotatable bonds is 7. The van der Waals surface area contributed by atoms with E-state index in [9.17, 15) is 10.1 Å². The van der Waals surface area contributed by atoms with Gasteiger partial charge < -0.3 is 4.74 Å². The summed E-state index contributed by atoms with van der Waals surface area (Å²) in [6.45, 7) is 4.31. The van der Waals surface area contributed by atoms with Gasteiger partial charge in [0, 0.05) is 6.07 Å². The Bertz CT molecular complexity index is 858. The molecule has 4 nitrogen and oxygen atoms in total. The van der Waals surface area contributed by atoms with Crippen LogP contribution in [0.3, 0.4) is 0 Å². The van der Waals surface area contributed by atoms with Gasteiger partial charge in [-0.25, -0.2) is 0 Å². The van der Waals surface area contributed by atoms with E-state index >= 15 is 0 Å². The van der Waals surface area contributed by atoms with E-state index in [1.807, 2.05) is 36.4 Å². The predicted octanol–water partition coefficient (Wildman–Crippen LogP) is 3.21. The van der Waals surface area contributed by atoms with Crippen molar-refractivity contribution < 1.29 is 9.66 Å². The van der Waals surface area contributed by atoms with Crippen molar-refractivity contribution in [3.05, 3.63) is 113 Å². The van der Waals surface area contributed by atoms with Gasteiger partial charge in [-0.3, -0.25) is 10.1 Å². The Morgan fingerprint density at radius 1 is 0.885 bits per heavy atom. The smallest absolute Gasteiger partial charge is 0.276 e. The van der Waals surface area contributed by atoms with Gasteiger partial charge in [0.15, 0.2) is 8.80 Å². The molecule has 0 saturated heterocycles. The van der Waals surface area contributed by atoms with E-state index in [0.29, 0.717) is 10.9 Å². The van der Waals surface area contributed by atoms with Gasteiger partial charge in [-0.2, -0.15) is 0 Å². The molecule has 0 saturated carbocycles. The molecule has 0 aliphatic rings. The van der Waals surface area contributed by atoms with Crippen molar-refractivity contribution in [2.75, 3.05) is 0 Å². The van der Waals surface area contributed by atoms with E-state index in [0.717, 1.165) is 0 Å². The lowest BCUT2D eigenvalue weighted by molar-refractivity contribution is -0.385. The molecule has 0 N–H and O–H groups in total. The molecular weight excluding hydrogens is 342 g/mol. The predicted molar refractivity (Wildman–Crippen MR) is 106 cm³/mol. The summed E-state index contributed by atoms with van der Waals surface area (Å²) in [6, 6.07) is 27.0. The molecule has 0 aliphatic heterocycles. The van der Waals surface area contributed by atoms with Crippen LogP contribution in [0.2, 0.25) is 0 Å². The third-order valence-corrected chi connectivity index (χ3v) is 7.10. The fraction of sp³-hybridized carbons (Fsp3) is 0.0476. The molecule has 0 aromatic heterocycles. The SMILES string of the molecule is C=C(OCc1ccccc1[N+](=O)[O-])[SiH](c1ccccc1)c1ccccc1. The lowest BCUT2D eigenvalue weighted by atomic mass is 10.2. The van der Waals surface area contributed by atoms with Crippen LogP contribution in [0.4, 0.5) is 5.69 Å². The summed E-state index contributed by atoms with van der Waals surface area (Å²) < 4.78 is 5.95. The van der Waals surface area contributed by atoms with Crippen molar-refractivity contribution in [3.63, 3.8) is 0 Å². The van der Waals surface area contributed by atoms with E-state index in [2.05, 4.69) is 30.8 Å². The third kappa shape index (κ3) is 4.07. The van der Waals surface area contributed by atoms with Gasteiger partial charge in [-0.15, -0.1) is 0 Å². The minimum absolute atomic E-state index is 0.0675. The molecule has 3 aromatic carbocycles. The highest BCUT2D eigenvalue weighted by Gasteiger charge is 2.22. The first-order valence-electron chi connectivity index (χ1n) is 8.30. The summed E-state index contributed by atoms with van der Waals surface area (Å²) in [7, 11) is -1.81. The van der Waals surface area contributed by atoms with Crippen LogP contribution < -0.4 is 10.4 Å². The van der Waals surface area contributed by atoms with E-state index in [1.54, 1.807) is 18.2 Å². The molecule has 0 spiro atoms.